The predicted octanol–water partition coefficient (Wildman–Crippen LogP) is 7.55. The van der Waals surface area contributed by atoms with Gasteiger partial charge in [0.05, 0.1) is 27.8 Å². The summed E-state index contributed by atoms with van der Waals surface area (Å²) in [6, 6.07) is 10.3. The molecule has 0 radical (unpaired) electrons. The zero-order chi connectivity index (χ0) is 25.8. The van der Waals surface area contributed by atoms with E-state index in [4.69, 9.17) is 32.4 Å². The molecule has 186 valence electrons. The number of benzene rings is 1. The van der Waals surface area contributed by atoms with Crippen molar-refractivity contribution in [1.82, 2.24) is 0 Å². The number of thiophene rings is 1. The van der Waals surface area contributed by atoms with Gasteiger partial charge in [-0.2, -0.15) is 5.26 Å². The molecular weight excluding hydrogens is 519 g/mol. The number of furan rings is 1. The Morgan fingerprint density at radius 3 is 2.67 bits per heavy atom. The molecule has 0 bridgehead atoms. The smallest absolute Gasteiger partial charge is 0.341 e. The van der Waals surface area contributed by atoms with Crippen molar-refractivity contribution >= 4 is 57.5 Å². The van der Waals surface area contributed by atoms with Crippen molar-refractivity contribution in [3.05, 3.63) is 67.7 Å². The van der Waals surface area contributed by atoms with Crippen LogP contribution < -0.4 is 5.32 Å². The maximum atomic E-state index is 13.1. The van der Waals surface area contributed by atoms with E-state index in [1.54, 1.807) is 37.3 Å². The Morgan fingerprint density at radius 2 is 2.00 bits per heavy atom. The van der Waals surface area contributed by atoms with E-state index in [1.165, 1.54) is 17.4 Å². The van der Waals surface area contributed by atoms with Crippen LogP contribution in [0.25, 0.3) is 17.4 Å². The summed E-state index contributed by atoms with van der Waals surface area (Å²) in [6.07, 6.45) is 5.00. The molecule has 0 fully saturated rings. The van der Waals surface area contributed by atoms with Gasteiger partial charge in [-0.1, -0.05) is 42.6 Å². The number of nitrogens with one attached hydrogen (secondary N) is 1. The molecular formula is C27H24Cl2N2O4S. The van der Waals surface area contributed by atoms with Gasteiger partial charge in [-0.25, -0.2) is 4.79 Å². The summed E-state index contributed by atoms with van der Waals surface area (Å²) in [7, 11) is 0. The Labute approximate surface area is 223 Å². The Kier molecular flexibility index (Phi) is 8.20. The molecule has 3 aromatic rings. The largest absolute Gasteiger partial charge is 0.462 e. The molecule has 0 saturated heterocycles. The van der Waals surface area contributed by atoms with Gasteiger partial charge in [0.2, 0.25) is 0 Å². The van der Waals surface area contributed by atoms with E-state index < -0.39 is 11.9 Å². The molecule has 2 aromatic heterocycles. The maximum Gasteiger partial charge on any atom is 0.341 e. The topological polar surface area (TPSA) is 92.3 Å². The first-order chi connectivity index (χ1) is 17.4. The van der Waals surface area contributed by atoms with Crippen molar-refractivity contribution in [1.29, 1.82) is 5.26 Å². The molecule has 1 unspecified atom stereocenters. The zero-order valence-corrected chi connectivity index (χ0v) is 22.1. The summed E-state index contributed by atoms with van der Waals surface area (Å²) < 4.78 is 11.1. The van der Waals surface area contributed by atoms with Gasteiger partial charge in [-0.05, 0) is 61.9 Å². The van der Waals surface area contributed by atoms with Gasteiger partial charge in [0.15, 0.2) is 0 Å². The van der Waals surface area contributed by atoms with Crippen LogP contribution in [0.2, 0.25) is 10.0 Å². The number of hydrogen-bond donors (Lipinski definition) is 1. The number of nitriles is 1. The molecule has 1 amide bonds. The molecule has 0 saturated carbocycles. The summed E-state index contributed by atoms with van der Waals surface area (Å²) in [5.74, 6) is 0.145. The Bertz CT molecular complexity index is 1360. The Morgan fingerprint density at radius 1 is 1.25 bits per heavy atom. The number of nitrogens with zero attached hydrogens (tertiary/aromatic N) is 1. The number of carbonyl (C=O) groups excluding carboxylic acids is 2. The minimum atomic E-state index is -0.637. The zero-order valence-electron chi connectivity index (χ0n) is 19.8. The number of ether oxygens (including phenoxy) is 1. The minimum absolute atomic E-state index is 0.172. The van der Waals surface area contributed by atoms with Crippen LogP contribution in [0.15, 0.2) is 40.3 Å². The molecule has 0 aliphatic heterocycles. The van der Waals surface area contributed by atoms with E-state index in [2.05, 4.69) is 12.2 Å². The molecule has 36 heavy (non-hydrogen) atoms. The highest BCUT2D eigenvalue weighted by Gasteiger charge is 2.30. The standard InChI is InChI=1S/C27H24Cl2N2O4S/c1-3-15-8-10-18-22(12-15)36-26(23(18)27(33)34-4-2)31-25(32)16(14-30)13-17-9-11-21(35-17)24-19(28)6-5-7-20(24)29/h5-7,9,11,13,15H,3-4,8,10,12H2,1-2H3,(H,31,32)/b16-13+. The van der Waals surface area contributed by atoms with E-state index in [1.807, 2.05) is 6.07 Å². The van der Waals surface area contributed by atoms with Gasteiger partial charge in [0, 0.05) is 11.0 Å². The van der Waals surface area contributed by atoms with E-state index in [-0.39, 0.29) is 17.9 Å². The lowest BCUT2D eigenvalue weighted by Gasteiger charge is -2.20. The normalized spacial score (nSPS) is 15.2. The number of fused-ring (bicyclic) bond motifs is 1. The van der Waals surface area contributed by atoms with Gasteiger partial charge < -0.3 is 14.5 Å². The van der Waals surface area contributed by atoms with Gasteiger partial charge >= 0.3 is 5.97 Å². The molecule has 4 rings (SSSR count). The third kappa shape index (κ3) is 5.36. The molecule has 1 atom stereocenters. The third-order valence-corrected chi connectivity index (χ3v) is 7.94. The molecule has 0 spiro atoms. The lowest BCUT2D eigenvalue weighted by Crippen LogP contribution is -2.17. The Balaban J connectivity index is 1.62. The number of anilines is 1. The van der Waals surface area contributed by atoms with Gasteiger partial charge in [-0.3, -0.25) is 4.79 Å². The number of amides is 1. The predicted molar refractivity (Wildman–Crippen MR) is 142 cm³/mol. The van der Waals surface area contributed by atoms with Crippen molar-refractivity contribution in [2.24, 2.45) is 5.92 Å². The number of carbonyl (C=O) groups is 2. The minimum Gasteiger partial charge on any atom is -0.462 e. The second-order valence-electron chi connectivity index (χ2n) is 8.37. The summed E-state index contributed by atoms with van der Waals surface area (Å²) in [5, 5.41) is 13.7. The van der Waals surface area contributed by atoms with Crippen LogP contribution in [-0.2, 0) is 22.4 Å². The number of esters is 1. The quantitative estimate of drug-likeness (QED) is 0.189. The van der Waals surface area contributed by atoms with Gasteiger partial charge in [-0.15, -0.1) is 11.3 Å². The molecule has 1 aromatic carbocycles. The van der Waals surface area contributed by atoms with Crippen LogP contribution in [0.5, 0.6) is 0 Å². The van der Waals surface area contributed by atoms with Crippen LogP contribution in [0.4, 0.5) is 5.00 Å². The van der Waals surface area contributed by atoms with Gasteiger partial charge in [0.25, 0.3) is 5.91 Å². The van der Waals surface area contributed by atoms with E-state index in [0.29, 0.717) is 37.9 Å². The number of rotatable bonds is 7. The van der Waals surface area contributed by atoms with Crippen LogP contribution in [0, 0.1) is 17.2 Å². The third-order valence-electron chi connectivity index (χ3n) is 6.14. The SMILES string of the molecule is CCOC(=O)c1c(NC(=O)/C(C#N)=C/c2ccc(-c3c(Cl)cccc3Cl)o2)sc2c1CCC(CC)C2. The molecule has 6 nitrogen and oxygen atoms in total. The highest BCUT2D eigenvalue weighted by molar-refractivity contribution is 7.17. The average Bonchev–Trinajstić information content (AvgIpc) is 3.46. The first-order valence-corrected chi connectivity index (χ1v) is 13.2. The highest BCUT2D eigenvalue weighted by atomic mass is 35.5. The molecule has 2 heterocycles. The maximum absolute atomic E-state index is 13.1. The summed E-state index contributed by atoms with van der Waals surface area (Å²) in [6.45, 7) is 4.13. The fourth-order valence-corrected chi connectivity index (χ4v) is 6.20. The molecule has 9 heteroatoms. The van der Waals surface area contributed by atoms with Crippen molar-refractivity contribution in [3.8, 4) is 17.4 Å². The van der Waals surface area contributed by atoms with Crippen LogP contribution in [0.1, 0.15) is 53.2 Å². The van der Waals surface area contributed by atoms with E-state index >= 15 is 0 Å². The lowest BCUT2D eigenvalue weighted by atomic mass is 9.85. The van der Waals surface area contributed by atoms with Crippen LogP contribution in [0.3, 0.4) is 0 Å². The number of halogens is 2. The monoisotopic (exact) mass is 542 g/mol. The van der Waals surface area contributed by atoms with Crippen molar-refractivity contribution < 1.29 is 18.7 Å². The number of hydrogen-bond acceptors (Lipinski definition) is 6. The van der Waals surface area contributed by atoms with Crippen molar-refractivity contribution in [2.45, 2.75) is 39.5 Å². The molecule has 1 aliphatic carbocycles. The van der Waals surface area contributed by atoms with Crippen molar-refractivity contribution in [3.63, 3.8) is 0 Å². The first-order valence-electron chi connectivity index (χ1n) is 11.6. The fourth-order valence-electron chi connectivity index (χ4n) is 4.27. The van der Waals surface area contributed by atoms with E-state index in [9.17, 15) is 14.9 Å². The molecule has 1 aliphatic rings. The van der Waals surface area contributed by atoms with E-state index in [0.717, 1.165) is 36.1 Å². The second-order valence-corrected chi connectivity index (χ2v) is 10.3. The van der Waals surface area contributed by atoms with Crippen molar-refractivity contribution in [2.75, 3.05) is 11.9 Å². The highest BCUT2D eigenvalue weighted by Crippen LogP contribution is 2.41. The lowest BCUT2D eigenvalue weighted by molar-refractivity contribution is -0.112. The van der Waals surface area contributed by atoms with Gasteiger partial charge in [0.1, 0.15) is 28.2 Å². The average molecular weight is 543 g/mol. The summed E-state index contributed by atoms with van der Waals surface area (Å²) in [4.78, 5) is 26.9. The summed E-state index contributed by atoms with van der Waals surface area (Å²) >= 11 is 13.9. The fraction of sp³-hybridized carbons (Fsp3) is 0.296. The van der Waals surface area contributed by atoms with Crippen LogP contribution in [-0.4, -0.2) is 18.5 Å². The first kappa shape index (κ1) is 26.0. The second kappa shape index (κ2) is 11.3. The summed E-state index contributed by atoms with van der Waals surface area (Å²) in [5.41, 5.74) is 1.68. The molecule has 1 N–H and O–H groups in total. The Hall–Kier alpha value is -3.05. The van der Waals surface area contributed by atoms with Crippen LogP contribution >= 0.6 is 34.5 Å².